The van der Waals surface area contributed by atoms with Crippen molar-refractivity contribution in [1.82, 2.24) is 5.32 Å². The lowest BCUT2D eigenvalue weighted by molar-refractivity contribution is -0.328. The van der Waals surface area contributed by atoms with Crippen LogP contribution in [0.3, 0.4) is 0 Å². The van der Waals surface area contributed by atoms with Gasteiger partial charge in [-0.1, -0.05) is 0 Å². The van der Waals surface area contributed by atoms with Crippen molar-refractivity contribution in [3.63, 3.8) is 0 Å². The third-order valence-corrected chi connectivity index (χ3v) is 5.34. The average molecular weight is 471 g/mol. The van der Waals surface area contributed by atoms with Crippen molar-refractivity contribution in [1.29, 1.82) is 0 Å². The molecule has 1 amide bonds. The van der Waals surface area contributed by atoms with E-state index in [1.54, 1.807) is 0 Å². The van der Waals surface area contributed by atoms with Crippen molar-refractivity contribution >= 4 is 11.9 Å². The number of ether oxygens (including phenoxy) is 3. The van der Waals surface area contributed by atoms with Crippen LogP contribution in [0.1, 0.15) is 13.3 Å². The van der Waals surface area contributed by atoms with Crippen LogP contribution in [0.4, 0.5) is 0 Å². The molecule has 0 aromatic heterocycles. The van der Waals surface area contributed by atoms with Gasteiger partial charge in [0.1, 0.15) is 48.8 Å². The third kappa shape index (κ3) is 5.52. The van der Waals surface area contributed by atoms with Crippen LogP contribution < -0.4 is 5.32 Å². The highest BCUT2D eigenvalue weighted by Gasteiger charge is 2.54. The second kappa shape index (κ2) is 10.6. The molecule has 15 nitrogen and oxygen atoms in total. The van der Waals surface area contributed by atoms with Crippen LogP contribution in [0.2, 0.25) is 0 Å². The molecule has 0 aromatic carbocycles. The molecule has 2 aliphatic rings. The van der Waals surface area contributed by atoms with Gasteiger partial charge in [0.15, 0.2) is 6.29 Å². The Bertz CT molecular complexity index is 665. The number of hydrogen-bond donors (Lipinski definition) is 10. The largest absolute Gasteiger partial charge is 0.477 e. The smallest absolute Gasteiger partial charge is 0.364 e. The van der Waals surface area contributed by atoms with Crippen LogP contribution in [-0.4, -0.2) is 138 Å². The van der Waals surface area contributed by atoms with E-state index in [4.69, 9.17) is 19.3 Å². The molecule has 186 valence electrons. The van der Waals surface area contributed by atoms with Crippen LogP contribution in [0, 0.1) is 0 Å². The number of carbonyl (C=O) groups excluding carboxylic acids is 1. The number of aliphatic hydroxyl groups excluding tert-OH is 7. The normalized spacial score (nSPS) is 42.2. The fraction of sp³-hybridized carbons (Fsp3) is 0.882. The molecule has 0 spiro atoms. The minimum Gasteiger partial charge on any atom is -0.477 e. The molecule has 2 heterocycles. The summed E-state index contributed by atoms with van der Waals surface area (Å²) in [6, 6.07) is -1.43. The summed E-state index contributed by atoms with van der Waals surface area (Å²) in [6.45, 7) is -0.670. The number of aliphatic carboxylic acids is 1. The van der Waals surface area contributed by atoms with E-state index in [0.29, 0.717) is 0 Å². The summed E-state index contributed by atoms with van der Waals surface area (Å²) in [5.74, 6) is -5.51. The van der Waals surface area contributed by atoms with Crippen LogP contribution in [0.25, 0.3) is 0 Å². The Labute approximate surface area is 181 Å². The Kier molecular flexibility index (Phi) is 8.88. The monoisotopic (exact) mass is 471 g/mol. The standard InChI is InChI=1S/C17H29NO14/c1-5(21)18-9-13(26)11(24)7(3-19)30-15(9)31-8(4-20)12(25)14-10(23)6(22)2-17(29,32-14)16(27)28/h6-15,19-20,22-26,29H,2-4H2,1H3,(H,18,21)(H,27,28)/t6-,7+,8+,9+,10+,11+,12+,13+,14+,15-,17-/m0/s1. The first kappa shape index (κ1) is 26.7. The third-order valence-electron chi connectivity index (χ3n) is 5.34. The first-order valence-electron chi connectivity index (χ1n) is 9.70. The maximum Gasteiger partial charge on any atom is 0.364 e. The Morgan fingerprint density at radius 1 is 1.16 bits per heavy atom. The minimum absolute atomic E-state index is 0.664. The van der Waals surface area contributed by atoms with E-state index in [2.05, 4.69) is 5.32 Å². The quantitative estimate of drug-likeness (QED) is 0.158. The summed E-state index contributed by atoms with van der Waals surface area (Å²) in [7, 11) is 0. The van der Waals surface area contributed by atoms with E-state index in [1.165, 1.54) is 0 Å². The molecule has 10 N–H and O–H groups in total. The van der Waals surface area contributed by atoms with Crippen molar-refractivity contribution in [2.75, 3.05) is 13.2 Å². The number of rotatable bonds is 8. The molecule has 2 fully saturated rings. The van der Waals surface area contributed by atoms with Gasteiger partial charge in [0, 0.05) is 13.3 Å². The topological polar surface area (TPSA) is 256 Å². The first-order valence-corrected chi connectivity index (χ1v) is 9.70. The zero-order valence-electron chi connectivity index (χ0n) is 17.0. The first-order chi connectivity index (χ1) is 14.9. The zero-order valence-corrected chi connectivity index (χ0v) is 17.0. The van der Waals surface area contributed by atoms with E-state index >= 15 is 0 Å². The molecule has 0 radical (unpaired) electrons. The molecule has 0 bridgehead atoms. The summed E-state index contributed by atoms with van der Waals surface area (Å²) in [6.07, 6.45) is -16.7. The second-order valence-electron chi connectivity index (χ2n) is 7.71. The lowest BCUT2D eigenvalue weighted by Gasteiger charge is -2.45. The zero-order chi connectivity index (χ0) is 24.4. The molecule has 0 saturated carbocycles. The minimum atomic E-state index is -2.95. The maximum atomic E-state index is 11.5. The lowest BCUT2D eigenvalue weighted by Crippen LogP contribution is -2.67. The van der Waals surface area contributed by atoms with Gasteiger partial charge < -0.3 is 65.5 Å². The van der Waals surface area contributed by atoms with Crippen LogP contribution in [0.5, 0.6) is 0 Å². The summed E-state index contributed by atoms with van der Waals surface area (Å²) in [4.78, 5) is 22.8. The fourth-order valence-corrected chi connectivity index (χ4v) is 3.58. The number of hydrogen-bond acceptors (Lipinski definition) is 13. The summed E-state index contributed by atoms with van der Waals surface area (Å²) < 4.78 is 15.6. The molecule has 0 unspecified atom stereocenters. The number of aliphatic hydroxyl groups is 8. The molecular formula is C17H29NO14. The molecule has 2 aliphatic heterocycles. The van der Waals surface area contributed by atoms with Crippen molar-refractivity contribution < 1.29 is 69.8 Å². The van der Waals surface area contributed by atoms with Gasteiger partial charge in [0.25, 0.3) is 5.79 Å². The SMILES string of the molecule is CC(=O)N[C@H]1[C@H](O[C@H](CO)[C@@H](O)[C@@H]2O[C@](O)(C(=O)O)C[C@H](O)[C@H]2O)O[C@H](CO)[C@@H](O)[C@@H]1O. The average Bonchev–Trinajstić information content (AvgIpc) is 2.72. The van der Waals surface area contributed by atoms with Gasteiger partial charge in [-0.15, -0.1) is 0 Å². The number of carboxylic acid groups (broad SMARTS) is 1. The Morgan fingerprint density at radius 2 is 1.78 bits per heavy atom. The molecule has 32 heavy (non-hydrogen) atoms. The van der Waals surface area contributed by atoms with Gasteiger partial charge in [0.05, 0.1) is 19.3 Å². The van der Waals surface area contributed by atoms with Crippen LogP contribution >= 0.6 is 0 Å². The van der Waals surface area contributed by atoms with Gasteiger partial charge in [-0.05, 0) is 0 Å². The number of nitrogens with one attached hydrogen (secondary N) is 1. The predicted octanol–water partition coefficient (Wildman–Crippen LogP) is -6.05. The molecule has 0 aromatic rings. The van der Waals surface area contributed by atoms with E-state index in [0.717, 1.165) is 6.92 Å². The van der Waals surface area contributed by atoms with Crippen LogP contribution in [0.15, 0.2) is 0 Å². The van der Waals surface area contributed by atoms with Crippen molar-refractivity contribution in [2.45, 2.75) is 80.3 Å². The summed E-state index contributed by atoms with van der Waals surface area (Å²) in [5.41, 5.74) is 0. The lowest BCUT2D eigenvalue weighted by atomic mass is 9.90. The number of carboxylic acids is 1. The molecule has 15 heteroatoms. The van der Waals surface area contributed by atoms with E-state index in [-0.39, 0.29) is 0 Å². The van der Waals surface area contributed by atoms with Gasteiger partial charge in [0.2, 0.25) is 5.91 Å². The van der Waals surface area contributed by atoms with Gasteiger partial charge in [-0.3, -0.25) is 4.79 Å². The molecule has 11 atom stereocenters. The predicted molar refractivity (Wildman–Crippen MR) is 97.4 cm³/mol. The fourth-order valence-electron chi connectivity index (χ4n) is 3.58. The number of carbonyl (C=O) groups is 2. The second-order valence-corrected chi connectivity index (χ2v) is 7.71. The highest BCUT2D eigenvalue weighted by atomic mass is 16.7. The van der Waals surface area contributed by atoms with Gasteiger partial charge in [-0.25, -0.2) is 4.79 Å². The molecule has 0 aliphatic carbocycles. The summed E-state index contributed by atoms with van der Waals surface area (Å²) >= 11 is 0. The Balaban J connectivity index is 2.25. The Morgan fingerprint density at radius 3 is 2.28 bits per heavy atom. The molecular weight excluding hydrogens is 442 g/mol. The highest BCUT2D eigenvalue weighted by molar-refractivity contribution is 5.75. The van der Waals surface area contributed by atoms with Crippen molar-refractivity contribution in [3.8, 4) is 0 Å². The highest BCUT2D eigenvalue weighted by Crippen LogP contribution is 2.32. The van der Waals surface area contributed by atoms with E-state index in [1.807, 2.05) is 0 Å². The van der Waals surface area contributed by atoms with Gasteiger partial charge in [-0.2, -0.15) is 0 Å². The molecule has 2 rings (SSSR count). The molecule has 2 saturated heterocycles. The van der Waals surface area contributed by atoms with E-state index < -0.39 is 98.5 Å². The van der Waals surface area contributed by atoms with Gasteiger partial charge >= 0.3 is 5.97 Å². The van der Waals surface area contributed by atoms with Crippen molar-refractivity contribution in [2.24, 2.45) is 0 Å². The maximum absolute atomic E-state index is 11.5. The Hall–Kier alpha value is -1.50. The summed E-state index contributed by atoms with van der Waals surface area (Å²) in [5, 5.41) is 91.4. The van der Waals surface area contributed by atoms with Crippen molar-refractivity contribution in [3.05, 3.63) is 0 Å². The number of amides is 1. The van der Waals surface area contributed by atoms with E-state index in [9.17, 15) is 50.4 Å². The van der Waals surface area contributed by atoms with Crippen LogP contribution in [-0.2, 0) is 23.8 Å².